The minimum atomic E-state index is -1.59. The molecule has 0 heterocycles. The van der Waals surface area contributed by atoms with E-state index in [4.69, 9.17) is 0 Å². The maximum absolute atomic E-state index is 14.8. The van der Waals surface area contributed by atoms with Gasteiger partial charge in [-0.25, -0.2) is 26.3 Å². The van der Waals surface area contributed by atoms with Crippen molar-refractivity contribution in [2.75, 3.05) is 0 Å². The van der Waals surface area contributed by atoms with Crippen molar-refractivity contribution in [1.82, 2.24) is 0 Å². The van der Waals surface area contributed by atoms with Crippen LogP contribution in [0.4, 0.5) is 26.3 Å². The number of hydrogen-bond acceptors (Lipinski definition) is 0. The van der Waals surface area contributed by atoms with Gasteiger partial charge in [0.2, 0.25) is 0 Å². The van der Waals surface area contributed by atoms with Gasteiger partial charge in [-0.1, -0.05) is 84.9 Å². The Hall–Kier alpha value is -4.58. The maximum atomic E-state index is 14.8. The highest BCUT2D eigenvalue weighted by Crippen LogP contribution is 2.30. The molecule has 5 aromatic carbocycles. The minimum absolute atomic E-state index is 0.0239. The van der Waals surface area contributed by atoms with Crippen LogP contribution in [0.3, 0.4) is 0 Å². The van der Waals surface area contributed by atoms with Gasteiger partial charge in [0.05, 0.1) is 0 Å². The quantitative estimate of drug-likeness (QED) is 0.138. The first kappa shape index (κ1) is 28.0. The van der Waals surface area contributed by atoms with Crippen LogP contribution >= 0.6 is 0 Å². The molecule has 6 heteroatoms. The van der Waals surface area contributed by atoms with E-state index in [0.29, 0.717) is 5.56 Å². The predicted octanol–water partition coefficient (Wildman–Crippen LogP) is 10.7. The first-order valence-corrected chi connectivity index (χ1v) is 12.9. The molecular formula is C35H24F6. The molecule has 206 valence electrons. The van der Waals surface area contributed by atoms with Crippen LogP contribution < -0.4 is 0 Å². The number of hydrogen-bond donors (Lipinski definition) is 0. The Labute approximate surface area is 234 Å². The van der Waals surface area contributed by atoms with Gasteiger partial charge < -0.3 is 0 Å². The molecule has 0 nitrogen and oxygen atoms in total. The van der Waals surface area contributed by atoms with Crippen molar-refractivity contribution < 1.29 is 26.3 Å². The standard InChI is InChI=1S/C35H24F6/c1-21(36)34(40)27-14-12-25(13-15-27)24-8-4-22(5-9-24)2-3-23-6-10-26(11-7-23)28-16-17-30(31(37)18-28)29-19-32(38)35(41)33(39)20-29/h4-20H,2-3H2,1H3/b34-21+. The summed E-state index contributed by atoms with van der Waals surface area (Å²) in [6.45, 7) is 1.09. The molecule has 0 bridgehead atoms. The molecule has 0 N–H and O–H groups in total. The maximum Gasteiger partial charge on any atom is 0.194 e. The van der Waals surface area contributed by atoms with Gasteiger partial charge >= 0.3 is 0 Å². The molecule has 5 aromatic rings. The van der Waals surface area contributed by atoms with Crippen molar-refractivity contribution in [2.24, 2.45) is 0 Å². The summed E-state index contributed by atoms with van der Waals surface area (Å²) < 4.78 is 82.1. The summed E-state index contributed by atoms with van der Waals surface area (Å²) in [7, 11) is 0. The molecule has 0 aliphatic carbocycles. The SMILES string of the molecule is C/C(F)=C(\F)c1ccc(-c2ccc(CCc3ccc(-c4ccc(-c5cc(F)c(F)c(F)c5)c(F)c4)cc3)cc2)cc1. The highest BCUT2D eigenvalue weighted by atomic mass is 19.2. The topological polar surface area (TPSA) is 0 Å². The lowest BCUT2D eigenvalue weighted by Gasteiger charge is -2.09. The van der Waals surface area contributed by atoms with Crippen molar-refractivity contribution in [1.29, 1.82) is 0 Å². The second kappa shape index (κ2) is 11.9. The van der Waals surface area contributed by atoms with E-state index in [1.54, 1.807) is 30.3 Å². The highest BCUT2D eigenvalue weighted by molar-refractivity contribution is 5.71. The summed E-state index contributed by atoms with van der Waals surface area (Å²) in [5.74, 6) is -6.71. The first-order chi connectivity index (χ1) is 19.7. The Morgan fingerprint density at radius 3 is 1.37 bits per heavy atom. The third-order valence-corrected chi connectivity index (χ3v) is 6.98. The van der Waals surface area contributed by atoms with Crippen molar-refractivity contribution in [3.05, 3.63) is 149 Å². The molecule has 0 radical (unpaired) electrons. The fraction of sp³-hybridized carbons (Fsp3) is 0.0857. The Bertz CT molecular complexity index is 1690. The second-order valence-corrected chi connectivity index (χ2v) is 9.77. The van der Waals surface area contributed by atoms with E-state index < -0.39 is 34.9 Å². The van der Waals surface area contributed by atoms with E-state index in [9.17, 15) is 26.3 Å². The summed E-state index contributed by atoms with van der Waals surface area (Å²) in [6, 6.07) is 28.3. The van der Waals surface area contributed by atoms with Crippen LogP contribution in [0, 0.1) is 23.3 Å². The third kappa shape index (κ3) is 6.27. The summed E-state index contributed by atoms with van der Waals surface area (Å²) in [5.41, 5.74) is 5.60. The zero-order valence-corrected chi connectivity index (χ0v) is 22.0. The van der Waals surface area contributed by atoms with Crippen molar-refractivity contribution in [2.45, 2.75) is 19.8 Å². The van der Waals surface area contributed by atoms with E-state index >= 15 is 0 Å². The van der Waals surface area contributed by atoms with Crippen LogP contribution in [0.1, 0.15) is 23.6 Å². The van der Waals surface area contributed by atoms with E-state index in [2.05, 4.69) is 0 Å². The number of allylic oxidation sites excluding steroid dienone is 1. The molecule has 0 fully saturated rings. The Morgan fingerprint density at radius 2 is 0.902 bits per heavy atom. The van der Waals surface area contributed by atoms with Crippen LogP contribution in [-0.2, 0) is 12.8 Å². The normalized spacial score (nSPS) is 11.9. The van der Waals surface area contributed by atoms with Gasteiger partial charge in [0.1, 0.15) is 11.6 Å². The minimum Gasteiger partial charge on any atom is -0.209 e. The molecule has 0 aromatic heterocycles. The molecule has 0 aliphatic rings. The number of aryl methyl sites for hydroxylation is 2. The van der Waals surface area contributed by atoms with Gasteiger partial charge in [-0.3, -0.25) is 0 Å². The largest absolute Gasteiger partial charge is 0.209 e. The molecule has 0 aliphatic heterocycles. The van der Waals surface area contributed by atoms with Gasteiger partial charge in [0.25, 0.3) is 0 Å². The Balaban J connectivity index is 1.22. The summed E-state index contributed by atoms with van der Waals surface area (Å²) in [4.78, 5) is 0. The van der Waals surface area contributed by atoms with Gasteiger partial charge in [0.15, 0.2) is 23.3 Å². The molecule has 0 amide bonds. The smallest absolute Gasteiger partial charge is 0.194 e. The molecule has 0 spiro atoms. The molecular weight excluding hydrogens is 534 g/mol. The lowest BCUT2D eigenvalue weighted by molar-refractivity contribution is 0.447. The Kier molecular flexibility index (Phi) is 8.11. The van der Waals surface area contributed by atoms with Crippen molar-refractivity contribution in [3.63, 3.8) is 0 Å². The van der Waals surface area contributed by atoms with Crippen LogP contribution in [0.5, 0.6) is 0 Å². The first-order valence-electron chi connectivity index (χ1n) is 12.9. The monoisotopic (exact) mass is 558 g/mol. The Morgan fingerprint density at radius 1 is 0.488 bits per heavy atom. The summed E-state index contributed by atoms with van der Waals surface area (Å²) in [5, 5.41) is 0. The molecule has 0 atom stereocenters. The van der Waals surface area contributed by atoms with Gasteiger partial charge in [0, 0.05) is 11.1 Å². The fourth-order valence-corrected chi connectivity index (χ4v) is 4.66. The fourth-order valence-electron chi connectivity index (χ4n) is 4.66. The molecule has 0 saturated heterocycles. The van der Waals surface area contributed by atoms with Crippen LogP contribution in [-0.4, -0.2) is 0 Å². The molecule has 41 heavy (non-hydrogen) atoms. The third-order valence-electron chi connectivity index (χ3n) is 6.98. The lowest BCUT2D eigenvalue weighted by Crippen LogP contribution is -1.94. The molecule has 5 rings (SSSR count). The van der Waals surface area contributed by atoms with Crippen molar-refractivity contribution >= 4 is 5.83 Å². The zero-order valence-electron chi connectivity index (χ0n) is 22.0. The van der Waals surface area contributed by atoms with Gasteiger partial charge in [-0.2, -0.15) is 0 Å². The molecule has 0 saturated carbocycles. The van der Waals surface area contributed by atoms with Crippen molar-refractivity contribution in [3.8, 4) is 33.4 Å². The van der Waals surface area contributed by atoms with Crippen LogP contribution in [0.25, 0.3) is 39.2 Å². The average Bonchev–Trinajstić information content (AvgIpc) is 2.98. The summed E-state index contributed by atoms with van der Waals surface area (Å²) in [6.07, 6.45) is 1.59. The van der Waals surface area contributed by atoms with E-state index in [1.807, 2.05) is 48.5 Å². The number of halogens is 6. The molecule has 0 unspecified atom stereocenters. The summed E-state index contributed by atoms with van der Waals surface area (Å²) >= 11 is 0. The highest BCUT2D eigenvalue weighted by Gasteiger charge is 2.15. The van der Waals surface area contributed by atoms with Gasteiger partial charge in [-0.15, -0.1) is 0 Å². The van der Waals surface area contributed by atoms with E-state index in [-0.39, 0.29) is 16.7 Å². The second-order valence-electron chi connectivity index (χ2n) is 9.77. The number of benzene rings is 5. The van der Waals surface area contributed by atoms with E-state index in [0.717, 1.165) is 59.7 Å². The van der Waals surface area contributed by atoms with Crippen LogP contribution in [0.2, 0.25) is 0 Å². The van der Waals surface area contributed by atoms with Crippen LogP contribution in [0.15, 0.2) is 109 Å². The zero-order chi connectivity index (χ0) is 29.1. The lowest BCUT2D eigenvalue weighted by atomic mass is 9.97. The average molecular weight is 559 g/mol. The predicted molar refractivity (Wildman–Crippen MR) is 151 cm³/mol. The van der Waals surface area contributed by atoms with Gasteiger partial charge in [-0.05, 0) is 76.9 Å². The number of rotatable bonds is 7. The van der Waals surface area contributed by atoms with E-state index in [1.165, 1.54) is 12.1 Å².